The summed E-state index contributed by atoms with van der Waals surface area (Å²) in [5.41, 5.74) is 2.67. The highest BCUT2D eigenvalue weighted by Crippen LogP contribution is 2.28. The van der Waals surface area contributed by atoms with Gasteiger partial charge in [0.2, 0.25) is 10.9 Å². The van der Waals surface area contributed by atoms with Gasteiger partial charge < -0.3 is 10.0 Å². The maximum atomic E-state index is 12.3. The first-order valence-corrected chi connectivity index (χ1v) is 7.59. The molecule has 1 aromatic heterocycles. The minimum Gasteiger partial charge on any atom is -0.476 e. The lowest BCUT2D eigenvalue weighted by molar-refractivity contribution is -0.118. The topological polar surface area (TPSA) is 70.5 Å². The molecular formula is C15H14N2O3S. The van der Waals surface area contributed by atoms with Crippen LogP contribution in [0.1, 0.15) is 33.9 Å². The Morgan fingerprint density at radius 2 is 2.14 bits per heavy atom. The number of amides is 1. The van der Waals surface area contributed by atoms with Crippen molar-refractivity contribution < 1.29 is 14.7 Å². The summed E-state index contributed by atoms with van der Waals surface area (Å²) in [7, 11) is 0. The molecule has 21 heavy (non-hydrogen) atoms. The molecule has 1 aliphatic heterocycles. The van der Waals surface area contributed by atoms with Crippen LogP contribution in [0.2, 0.25) is 0 Å². The smallest absolute Gasteiger partial charge is 0.365 e. The van der Waals surface area contributed by atoms with Gasteiger partial charge in [-0.1, -0.05) is 18.2 Å². The monoisotopic (exact) mass is 302 g/mol. The number of carboxylic acids is 1. The molecule has 0 spiro atoms. The highest BCUT2D eigenvalue weighted by atomic mass is 32.1. The minimum atomic E-state index is -1.03. The van der Waals surface area contributed by atoms with E-state index >= 15 is 0 Å². The molecule has 5 nitrogen and oxygen atoms in total. The standard InChI is InChI=1S/C15H14N2O3S/c18-13-7-3-5-10-4-1-2-6-12(10)17(13)8-11-9-21-14(16-11)15(19)20/h1-2,4,6,9H,3,5,7-8H2,(H,19,20). The van der Waals surface area contributed by atoms with Crippen molar-refractivity contribution in [1.82, 2.24) is 4.98 Å². The number of rotatable bonds is 3. The Morgan fingerprint density at radius 3 is 2.90 bits per heavy atom. The Labute approximate surface area is 125 Å². The fourth-order valence-electron chi connectivity index (χ4n) is 2.50. The van der Waals surface area contributed by atoms with Crippen LogP contribution < -0.4 is 4.90 Å². The fraction of sp³-hybridized carbons (Fsp3) is 0.267. The zero-order chi connectivity index (χ0) is 14.8. The number of fused-ring (bicyclic) bond motifs is 1. The van der Waals surface area contributed by atoms with Gasteiger partial charge in [-0.05, 0) is 24.5 Å². The summed E-state index contributed by atoms with van der Waals surface area (Å²) in [6, 6.07) is 7.85. The first-order chi connectivity index (χ1) is 10.1. The van der Waals surface area contributed by atoms with Crippen molar-refractivity contribution in [2.24, 2.45) is 0 Å². The highest BCUT2D eigenvalue weighted by Gasteiger charge is 2.23. The molecule has 1 N–H and O–H groups in total. The van der Waals surface area contributed by atoms with E-state index in [9.17, 15) is 9.59 Å². The van der Waals surface area contributed by atoms with E-state index in [1.165, 1.54) is 0 Å². The third-order valence-corrected chi connectivity index (χ3v) is 4.35. The van der Waals surface area contributed by atoms with Gasteiger partial charge in [0.1, 0.15) is 0 Å². The van der Waals surface area contributed by atoms with Gasteiger partial charge in [0.15, 0.2) is 0 Å². The molecule has 1 aliphatic rings. The van der Waals surface area contributed by atoms with Gasteiger partial charge in [0.25, 0.3) is 0 Å². The van der Waals surface area contributed by atoms with Crippen molar-refractivity contribution in [1.29, 1.82) is 0 Å². The Bertz CT molecular complexity index is 696. The number of carbonyl (C=O) groups is 2. The fourth-order valence-corrected chi connectivity index (χ4v) is 3.14. The summed E-state index contributed by atoms with van der Waals surface area (Å²) in [5.74, 6) is -0.973. The zero-order valence-corrected chi connectivity index (χ0v) is 12.1. The predicted octanol–water partition coefficient (Wildman–Crippen LogP) is 2.71. The number of carbonyl (C=O) groups excluding carboxylic acids is 1. The largest absolute Gasteiger partial charge is 0.476 e. The van der Waals surface area contributed by atoms with E-state index in [-0.39, 0.29) is 10.9 Å². The average molecular weight is 302 g/mol. The molecule has 3 rings (SSSR count). The van der Waals surface area contributed by atoms with Gasteiger partial charge in [0, 0.05) is 17.5 Å². The summed E-state index contributed by atoms with van der Waals surface area (Å²) >= 11 is 1.09. The Morgan fingerprint density at radius 1 is 1.33 bits per heavy atom. The number of aromatic carboxylic acids is 1. The Kier molecular flexibility index (Phi) is 3.70. The number of benzene rings is 1. The average Bonchev–Trinajstić information content (AvgIpc) is 2.88. The van der Waals surface area contributed by atoms with Crippen molar-refractivity contribution in [3.63, 3.8) is 0 Å². The lowest BCUT2D eigenvalue weighted by Crippen LogP contribution is -2.29. The van der Waals surface area contributed by atoms with Crippen LogP contribution in [0.4, 0.5) is 5.69 Å². The highest BCUT2D eigenvalue weighted by molar-refractivity contribution is 7.11. The van der Waals surface area contributed by atoms with E-state index in [0.717, 1.165) is 35.4 Å². The molecule has 1 aromatic carbocycles. The summed E-state index contributed by atoms with van der Waals surface area (Å²) in [6.07, 6.45) is 2.23. The van der Waals surface area contributed by atoms with Crippen molar-refractivity contribution in [3.8, 4) is 0 Å². The SMILES string of the molecule is O=C(O)c1nc(CN2C(=O)CCCc3ccccc32)cs1. The molecule has 2 aromatic rings. The molecule has 0 fully saturated rings. The van der Waals surface area contributed by atoms with Gasteiger partial charge in [-0.2, -0.15) is 0 Å². The quantitative estimate of drug-likeness (QED) is 0.946. The summed E-state index contributed by atoms with van der Waals surface area (Å²) in [5, 5.41) is 10.7. The molecule has 0 bridgehead atoms. The number of nitrogens with zero attached hydrogens (tertiary/aromatic N) is 2. The predicted molar refractivity (Wildman–Crippen MR) is 79.6 cm³/mol. The van der Waals surface area contributed by atoms with Crippen LogP contribution in [-0.2, 0) is 17.8 Å². The maximum Gasteiger partial charge on any atom is 0.365 e. The number of hydrogen-bond acceptors (Lipinski definition) is 4. The van der Waals surface area contributed by atoms with E-state index in [1.54, 1.807) is 10.3 Å². The second kappa shape index (κ2) is 5.65. The zero-order valence-electron chi connectivity index (χ0n) is 11.3. The van der Waals surface area contributed by atoms with Gasteiger partial charge >= 0.3 is 5.97 Å². The Balaban J connectivity index is 1.91. The summed E-state index contributed by atoms with van der Waals surface area (Å²) in [4.78, 5) is 29.0. The van der Waals surface area contributed by atoms with E-state index < -0.39 is 5.97 Å². The first kappa shape index (κ1) is 13.8. The summed E-state index contributed by atoms with van der Waals surface area (Å²) < 4.78 is 0. The van der Waals surface area contributed by atoms with Gasteiger partial charge in [-0.25, -0.2) is 9.78 Å². The second-order valence-electron chi connectivity index (χ2n) is 4.91. The van der Waals surface area contributed by atoms with Crippen LogP contribution in [0.5, 0.6) is 0 Å². The van der Waals surface area contributed by atoms with E-state index in [2.05, 4.69) is 4.98 Å². The van der Waals surface area contributed by atoms with E-state index in [1.807, 2.05) is 24.3 Å². The second-order valence-corrected chi connectivity index (χ2v) is 5.77. The van der Waals surface area contributed by atoms with Crippen molar-refractivity contribution in [2.45, 2.75) is 25.8 Å². The molecule has 0 unspecified atom stereocenters. The van der Waals surface area contributed by atoms with Crippen molar-refractivity contribution >= 4 is 28.9 Å². The number of anilines is 1. The van der Waals surface area contributed by atoms with Crippen LogP contribution in [0, 0.1) is 0 Å². The van der Waals surface area contributed by atoms with Crippen LogP contribution in [0.25, 0.3) is 0 Å². The number of aryl methyl sites for hydroxylation is 1. The normalized spacial score (nSPS) is 14.7. The lowest BCUT2D eigenvalue weighted by atomic mass is 10.1. The molecule has 0 aliphatic carbocycles. The molecule has 2 heterocycles. The third-order valence-electron chi connectivity index (χ3n) is 3.48. The van der Waals surface area contributed by atoms with Gasteiger partial charge in [0.05, 0.1) is 12.2 Å². The molecular weight excluding hydrogens is 288 g/mol. The van der Waals surface area contributed by atoms with Crippen molar-refractivity contribution in [3.05, 3.63) is 45.9 Å². The lowest BCUT2D eigenvalue weighted by Gasteiger charge is -2.22. The molecule has 0 radical (unpaired) electrons. The van der Waals surface area contributed by atoms with Gasteiger partial charge in [-0.15, -0.1) is 11.3 Å². The van der Waals surface area contributed by atoms with Crippen LogP contribution >= 0.6 is 11.3 Å². The van der Waals surface area contributed by atoms with E-state index in [4.69, 9.17) is 5.11 Å². The minimum absolute atomic E-state index is 0.0561. The van der Waals surface area contributed by atoms with Crippen LogP contribution in [0.3, 0.4) is 0 Å². The van der Waals surface area contributed by atoms with E-state index in [0.29, 0.717) is 18.7 Å². The number of thiazole rings is 1. The summed E-state index contributed by atoms with van der Waals surface area (Å²) in [6.45, 7) is 0.319. The molecule has 0 saturated heterocycles. The van der Waals surface area contributed by atoms with Gasteiger partial charge in [-0.3, -0.25) is 4.79 Å². The number of aromatic nitrogens is 1. The molecule has 1 amide bonds. The Hall–Kier alpha value is -2.21. The molecule has 0 atom stereocenters. The third kappa shape index (κ3) is 2.80. The number of para-hydroxylation sites is 1. The maximum absolute atomic E-state index is 12.3. The van der Waals surface area contributed by atoms with Crippen molar-refractivity contribution in [2.75, 3.05) is 4.90 Å². The number of carboxylic acid groups (broad SMARTS) is 1. The van der Waals surface area contributed by atoms with Crippen LogP contribution in [0.15, 0.2) is 29.6 Å². The number of hydrogen-bond donors (Lipinski definition) is 1. The van der Waals surface area contributed by atoms with Crippen LogP contribution in [-0.4, -0.2) is 22.0 Å². The molecule has 108 valence electrons. The first-order valence-electron chi connectivity index (χ1n) is 6.71. The molecule has 0 saturated carbocycles. The molecule has 6 heteroatoms.